The predicted octanol–water partition coefficient (Wildman–Crippen LogP) is 0.493. The van der Waals surface area contributed by atoms with Crippen LogP contribution in [0.3, 0.4) is 0 Å². The molecule has 1 aromatic heterocycles. The zero-order chi connectivity index (χ0) is 9.54. The molecule has 0 radical (unpaired) electrons. The highest BCUT2D eigenvalue weighted by atomic mass is 15.6. The normalized spacial score (nSPS) is 35.4. The van der Waals surface area contributed by atoms with Crippen molar-refractivity contribution in [1.29, 1.82) is 0 Å². The van der Waals surface area contributed by atoms with Crippen LogP contribution in [0, 0.1) is 11.8 Å². The van der Waals surface area contributed by atoms with Gasteiger partial charge in [0.25, 0.3) is 0 Å². The number of nitrogens with zero attached hydrogens (tertiary/aromatic N) is 4. The van der Waals surface area contributed by atoms with Crippen molar-refractivity contribution in [3.8, 4) is 0 Å². The Morgan fingerprint density at radius 1 is 1.29 bits per heavy atom. The zero-order valence-corrected chi connectivity index (χ0v) is 8.13. The summed E-state index contributed by atoms with van der Waals surface area (Å²) in [6.45, 7) is 0.447. The van der Waals surface area contributed by atoms with Gasteiger partial charge in [-0.3, -0.25) is 0 Å². The van der Waals surface area contributed by atoms with Gasteiger partial charge in [-0.25, -0.2) is 4.68 Å². The third-order valence-electron chi connectivity index (χ3n) is 3.64. The van der Waals surface area contributed by atoms with Crippen molar-refractivity contribution in [1.82, 2.24) is 20.2 Å². The van der Waals surface area contributed by atoms with Crippen LogP contribution in [0.1, 0.15) is 37.5 Å². The third-order valence-corrected chi connectivity index (χ3v) is 3.64. The summed E-state index contributed by atoms with van der Waals surface area (Å²) in [5, 5.41) is 11.7. The second-order valence-electron chi connectivity index (χ2n) is 4.35. The Morgan fingerprint density at radius 3 is 2.64 bits per heavy atom. The number of fused-ring (bicyclic) bond motifs is 1. The molecule has 2 aliphatic carbocycles. The van der Waals surface area contributed by atoms with E-state index in [1.54, 1.807) is 0 Å². The van der Waals surface area contributed by atoms with E-state index >= 15 is 0 Å². The average Bonchev–Trinajstić information content (AvgIpc) is 2.77. The Labute approximate surface area is 82.7 Å². The fourth-order valence-corrected chi connectivity index (χ4v) is 2.90. The minimum Gasteiger partial charge on any atom is -0.324 e. The first-order valence-corrected chi connectivity index (χ1v) is 5.38. The summed E-state index contributed by atoms with van der Waals surface area (Å²) in [5.74, 6) is 2.50. The van der Waals surface area contributed by atoms with E-state index in [1.807, 2.05) is 4.68 Å². The first-order chi connectivity index (χ1) is 6.92. The van der Waals surface area contributed by atoms with E-state index in [4.69, 9.17) is 5.73 Å². The number of hydrogen-bond donors (Lipinski definition) is 1. The quantitative estimate of drug-likeness (QED) is 0.742. The van der Waals surface area contributed by atoms with Crippen LogP contribution in [0.5, 0.6) is 0 Å². The molecule has 2 saturated carbocycles. The van der Waals surface area contributed by atoms with E-state index in [1.165, 1.54) is 25.7 Å². The van der Waals surface area contributed by atoms with Crippen LogP contribution >= 0.6 is 0 Å². The lowest BCUT2D eigenvalue weighted by Gasteiger charge is -2.04. The van der Waals surface area contributed by atoms with Crippen molar-refractivity contribution in [2.45, 2.75) is 38.3 Å². The Hall–Kier alpha value is -0.970. The minimum absolute atomic E-state index is 0.447. The van der Waals surface area contributed by atoms with Crippen molar-refractivity contribution in [2.75, 3.05) is 0 Å². The van der Waals surface area contributed by atoms with Crippen molar-refractivity contribution in [3.63, 3.8) is 0 Å². The zero-order valence-electron chi connectivity index (χ0n) is 8.13. The maximum atomic E-state index is 5.59. The van der Waals surface area contributed by atoms with Crippen LogP contribution < -0.4 is 5.73 Å². The van der Waals surface area contributed by atoms with E-state index in [-0.39, 0.29) is 0 Å². The molecular weight excluding hydrogens is 178 g/mol. The second kappa shape index (κ2) is 3.02. The summed E-state index contributed by atoms with van der Waals surface area (Å²) < 4.78 is 1.96. The smallest absolute Gasteiger partial charge is 0.165 e. The molecule has 5 heteroatoms. The van der Waals surface area contributed by atoms with E-state index in [0.29, 0.717) is 12.6 Å². The van der Waals surface area contributed by atoms with Gasteiger partial charge in [0.15, 0.2) is 5.82 Å². The highest BCUT2D eigenvalue weighted by Gasteiger charge is 2.53. The van der Waals surface area contributed by atoms with Gasteiger partial charge in [0.2, 0.25) is 0 Å². The van der Waals surface area contributed by atoms with Gasteiger partial charge in [-0.05, 0) is 35.1 Å². The Morgan fingerprint density at radius 2 is 2.00 bits per heavy atom. The third kappa shape index (κ3) is 1.08. The molecule has 2 atom stereocenters. The van der Waals surface area contributed by atoms with E-state index in [9.17, 15) is 0 Å². The molecule has 0 amide bonds. The lowest BCUT2D eigenvalue weighted by atomic mass is 10.0. The highest BCUT2D eigenvalue weighted by Crippen LogP contribution is 2.58. The van der Waals surface area contributed by atoms with Crippen LogP contribution in [0.4, 0.5) is 0 Å². The summed E-state index contributed by atoms with van der Waals surface area (Å²) >= 11 is 0. The number of aromatic nitrogens is 4. The molecule has 2 fully saturated rings. The molecule has 0 bridgehead atoms. The van der Waals surface area contributed by atoms with Gasteiger partial charge in [-0.15, -0.1) is 5.10 Å². The molecule has 2 N–H and O–H groups in total. The maximum absolute atomic E-state index is 5.59. The summed E-state index contributed by atoms with van der Waals surface area (Å²) in [6, 6.07) is 0.561. The molecule has 14 heavy (non-hydrogen) atoms. The molecule has 3 rings (SSSR count). The molecule has 2 aliphatic rings. The van der Waals surface area contributed by atoms with Crippen LogP contribution in [-0.4, -0.2) is 20.2 Å². The van der Waals surface area contributed by atoms with Gasteiger partial charge < -0.3 is 5.73 Å². The fraction of sp³-hybridized carbons (Fsp3) is 0.889. The summed E-state index contributed by atoms with van der Waals surface area (Å²) in [7, 11) is 0. The largest absolute Gasteiger partial charge is 0.324 e. The molecule has 0 aromatic carbocycles. The lowest BCUT2D eigenvalue weighted by molar-refractivity contribution is 0.480. The Balaban J connectivity index is 1.83. The number of nitrogens with two attached hydrogens (primary N) is 1. The topological polar surface area (TPSA) is 69.6 Å². The molecule has 0 aliphatic heterocycles. The van der Waals surface area contributed by atoms with Crippen LogP contribution in [0.15, 0.2) is 0 Å². The average molecular weight is 193 g/mol. The summed E-state index contributed by atoms with van der Waals surface area (Å²) in [6.07, 6.45) is 5.44. The monoisotopic (exact) mass is 193 g/mol. The number of hydrogen-bond acceptors (Lipinski definition) is 4. The van der Waals surface area contributed by atoms with Crippen molar-refractivity contribution in [3.05, 3.63) is 5.82 Å². The Kier molecular flexibility index (Phi) is 1.80. The van der Waals surface area contributed by atoms with Gasteiger partial charge in [-0.2, -0.15) is 0 Å². The lowest BCUT2D eigenvalue weighted by Crippen LogP contribution is -2.09. The molecular formula is C9H15N5. The predicted molar refractivity (Wildman–Crippen MR) is 50.2 cm³/mol. The van der Waals surface area contributed by atoms with Gasteiger partial charge in [0, 0.05) is 0 Å². The summed E-state index contributed by atoms with van der Waals surface area (Å²) in [5.41, 5.74) is 5.59. The SMILES string of the molecule is NCc1nnnn1C1C2CCCCC21. The van der Waals surface area contributed by atoms with E-state index < -0.39 is 0 Å². The first kappa shape index (κ1) is 8.35. The van der Waals surface area contributed by atoms with Crippen LogP contribution in [-0.2, 0) is 6.54 Å². The van der Waals surface area contributed by atoms with E-state index in [0.717, 1.165) is 17.7 Å². The first-order valence-electron chi connectivity index (χ1n) is 5.38. The molecule has 0 spiro atoms. The molecule has 0 saturated heterocycles. The standard InChI is InChI=1S/C9H15N5/c10-5-8-11-12-13-14(8)9-6-3-1-2-4-7(6)9/h6-7,9H,1-5,10H2. The van der Waals surface area contributed by atoms with Gasteiger partial charge in [0.1, 0.15) is 0 Å². The van der Waals surface area contributed by atoms with Crippen molar-refractivity contribution >= 4 is 0 Å². The van der Waals surface area contributed by atoms with Crippen molar-refractivity contribution < 1.29 is 0 Å². The van der Waals surface area contributed by atoms with Crippen LogP contribution in [0.25, 0.3) is 0 Å². The van der Waals surface area contributed by atoms with Crippen molar-refractivity contribution in [2.24, 2.45) is 17.6 Å². The summed E-state index contributed by atoms with van der Waals surface area (Å²) in [4.78, 5) is 0. The second-order valence-corrected chi connectivity index (χ2v) is 4.35. The van der Waals surface area contributed by atoms with Crippen LogP contribution in [0.2, 0.25) is 0 Å². The molecule has 1 aromatic rings. The number of tetrazole rings is 1. The van der Waals surface area contributed by atoms with Gasteiger partial charge in [0.05, 0.1) is 12.6 Å². The molecule has 2 unspecified atom stereocenters. The van der Waals surface area contributed by atoms with E-state index in [2.05, 4.69) is 15.5 Å². The Bertz CT molecular complexity index is 322. The van der Waals surface area contributed by atoms with Gasteiger partial charge >= 0.3 is 0 Å². The molecule has 1 heterocycles. The highest BCUT2D eigenvalue weighted by molar-refractivity contribution is 5.04. The maximum Gasteiger partial charge on any atom is 0.165 e. The fourth-order valence-electron chi connectivity index (χ4n) is 2.90. The number of rotatable bonds is 2. The van der Waals surface area contributed by atoms with Gasteiger partial charge in [-0.1, -0.05) is 12.8 Å². The molecule has 5 nitrogen and oxygen atoms in total. The molecule has 76 valence electrons. The minimum atomic E-state index is 0.447.